The molecule has 0 bridgehead atoms. The smallest absolute Gasteiger partial charge is 0.258 e. The summed E-state index contributed by atoms with van der Waals surface area (Å²) >= 11 is 6.40. The topological polar surface area (TPSA) is 50.8 Å². The summed E-state index contributed by atoms with van der Waals surface area (Å²) in [5.41, 5.74) is 7.41. The lowest BCUT2D eigenvalue weighted by molar-refractivity contribution is -0.118. The first-order valence-electron chi connectivity index (χ1n) is 13.1. The molecule has 4 aromatic rings. The highest BCUT2D eigenvalue weighted by molar-refractivity contribution is 6.31. The van der Waals surface area contributed by atoms with Crippen molar-refractivity contribution in [2.75, 3.05) is 17.3 Å². The van der Waals surface area contributed by atoms with Crippen LogP contribution in [-0.2, 0) is 11.4 Å². The van der Waals surface area contributed by atoms with E-state index in [-0.39, 0.29) is 18.4 Å². The fraction of sp³-hybridized carbons (Fsp3) is 0.242. The maximum Gasteiger partial charge on any atom is 0.258 e. The number of benzene rings is 4. The van der Waals surface area contributed by atoms with E-state index in [1.165, 1.54) is 0 Å². The molecule has 5 rings (SSSR count). The van der Waals surface area contributed by atoms with Crippen LogP contribution in [0.4, 0.5) is 17.1 Å². The summed E-state index contributed by atoms with van der Waals surface area (Å²) in [6.07, 6.45) is 0. The molecule has 0 fully saturated rings. The fourth-order valence-corrected chi connectivity index (χ4v) is 5.11. The second-order valence-corrected chi connectivity index (χ2v) is 10.7. The predicted molar refractivity (Wildman–Crippen MR) is 159 cm³/mol. The minimum absolute atomic E-state index is 0.0509. The van der Waals surface area contributed by atoms with E-state index in [1.54, 1.807) is 12.0 Å². The van der Waals surface area contributed by atoms with E-state index < -0.39 is 6.04 Å². The normalized spacial score (nSPS) is 14.7. The van der Waals surface area contributed by atoms with Gasteiger partial charge in [-0.05, 0) is 85.0 Å². The van der Waals surface area contributed by atoms with Crippen molar-refractivity contribution in [3.63, 3.8) is 0 Å². The van der Waals surface area contributed by atoms with Crippen LogP contribution in [-0.4, -0.2) is 13.0 Å². The number of methoxy groups -OCH3 is 1. The minimum atomic E-state index is -0.574. The van der Waals surface area contributed by atoms with Gasteiger partial charge in [0.1, 0.15) is 24.1 Å². The number of fused-ring (bicyclic) bond motifs is 1. The Labute approximate surface area is 235 Å². The van der Waals surface area contributed by atoms with Crippen LogP contribution in [0.25, 0.3) is 0 Å². The number of rotatable bonds is 7. The standard InChI is InChI=1S/C33H33ClN2O3/c1-20(2)26-18-27(34)22(4)16-31(26)39-19-24-17-23(12-15-30(24)38-5)32-33(37)36(25-13-10-21(3)11-14-25)29-9-7-6-8-28(29)35-32/h6-18,20,32,35H,19H2,1-5H3. The molecule has 200 valence electrons. The van der Waals surface area contributed by atoms with Gasteiger partial charge >= 0.3 is 0 Å². The Bertz CT molecular complexity index is 1510. The minimum Gasteiger partial charge on any atom is -0.496 e. The zero-order valence-electron chi connectivity index (χ0n) is 22.9. The number of hydrogen-bond donors (Lipinski definition) is 1. The molecular formula is C33H33ClN2O3. The summed E-state index contributed by atoms with van der Waals surface area (Å²) in [5, 5.41) is 4.19. The summed E-state index contributed by atoms with van der Waals surface area (Å²) in [6, 6.07) is 25.1. The third kappa shape index (κ3) is 5.32. The molecule has 39 heavy (non-hydrogen) atoms. The lowest BCUT2D eigenvalue weighted by atomic mass is 9.98. The number of nitrogens with zero attached hydrogens (tertiary/aromatic N) is 1. The van der Waals surface area contributed by atoms with Gasteiger partial charge in [0.2, 0.25) is 0 Å². The van der Waals surface area contributed by atoms with Crippen LogP contribution in [0.2, 0.25) is 5.02 Å². The number of nitrogens with one attached hydrogen (secondary N) is 1. The highest BCUT2D eigenvalue weighted by atomic mass is 35.5. The Hall–Kier alpha value is -3.96. The van der Waals surface area contributed by atoms with E-state index >= 15 is 0 Å². The van der Waals surface area contributed by atoms with Gasteiger partial charge in [0.05, 0.1) is 18.5 Å². The van der Waals surface area contributed by atoms with Gasteiger partial charge in [-0.15, -0.1) is 0 Å². The quantitative estimate of drug-likeness (QED) is 0.255. The SMILES string of the molecule is COc1ccc(C2Nc3ccccc3N(c3ccc(C)cc3)C2=O)cc1COc1cc(C)c(Cl)cc1C(C)C. The Morgan fingerprint density at radius 1 is 0.949 bits per heavy atom. The molecule has 4 aromatic carbocycles. The first-order valence-corrected chi connectivity index (χ1v) is 13.5. The first kappa shape index (κ1) is 26.6. The summed E-state index contributed by atoms with van der Waals surface area (Å²) in [6.45, 7) is 8.53. The summed E-state index contributed by atoms with van der Waals surface area (Å²) < 4.78 is 12.0. The monoisotopic (exact) mass is 540 g/mol. The molecule has 1 heterocycles. The van der Waals surface area contributed by atoms with Crippen LogP contribution in [0.1, 0.15) is 53.6 Å². The average molecular weight is 541 g/mol. The van der Waals surface area contributed by atoms with Crippen LogP contribution in [0.15, 0.2) is 78.9 Å². The maximum absolute atomic E-state index is 14.0. The van der Waals surface area contributed by atoms with Gasteiger partial charge in [-0.1, -0.05) is 61.3 Å². The largest absolute Gasteiger partial charge is 0.496 e. The van der Waals surface area contributed by atoms with Crippen molar-refractivity contribution in [1.82, 2.24) is 0 Å². The molecule has 1 N–H and O–H groups in total. The van der Waals surface area contributed by atoms with Crippen LogP contribution < -0.4 is 19.7 Å². The van der Waals surface area contributed by atoms with Gasteiger partial charge in [-0.2, -0.15) is 0 Å². The van der Waals surface area contributed by atoms with Crippen molar-refractivity contribution in [1.29, 1.82) is 0 Å². The van der Waals surface area contributed by atoms with E-state index in [9.17, 15) is 4.79 Å². The number of anilines is 3. The number of aryl methyl sites for hydroxylation is 2. The van der Waals surface area contributed by atoms with Gasteiger partial charge in [-0.3, -0.25) is 9.69 Å². The molecule has 0 saturated carbocycles. The Morgan fingerprint density at radius 2 is 1.69 bits per heavy atom. The highest BCUT2D eigenvalue weighted by Gasteiger charge is 2.34. The van der Waals surface area contributed by atoms with Crippen molar-refractivity contribution in [3.05, 3.63) is 112 Å². The molecule has 0 aromatic heterocycles. The van der Waals surface area contributed by atoms with Gasteiger partial charge in [0.25, 0.3) is 5.91 Å². The number of carbonyl (C=O) groups excluding carboxylic acids is 1. The van der Waals surface area contributed by atoms with E-state index in [0.717, 1.165) is 55.7 Å². The molecule has 0 aliphatic carbocycles. The number of ether oxygens (including phenoxy) is 2. The second kappa shape index (κ2) is 11.0. The van der Waals surface area contributed by atoms with Crippen LogP contribution in [0.5, 0.6) is 11.5 Å². The van der Waals surface area contributed by atoms with Crippen LogP contribution >= 0.6 is 11.6 Å². The molecule has 1 aliphatic rings. The van der Waals surface area contributed by atoms with Crippen molar-refractivity contribution in [3.8, 4) is 11.5 Å². The van der Waals surface area contributed by atoms with Gasteiger partial charge in [0, 0.05) is 16.3 Å². The van der Waals surface area contributed by atoms with Gasteiger partial charge in [0.15, 0.2) is 0 Å². The number of para-hydroxylation sites is 2. The van der Waals surface area contributed by atoms with Gasteiger partial charge < -0.3 is 14.8 Å². The number of halogens is 1. The number of carbonyl (C=O) groups is 1. The maximum atomic E-state index is 14.0. The molecule has 0 radical (unpaired) electrons. The van der Waals surface area contributed by atoms with Crippen molar-refractivity contribution in [2.24, 2.45) is 0 Å². The van der Waals surface area contributed by atoms with Gasteiger partial charge in [-0.25, -0.2) is 0 Å². The lowest BCUT2D eigenvalue weighted by Gasteiger charge is -2.35. The molecule has 5 nitrogen and oxygen atoms in total. The summed E-state index contributed by atoms with van der Waals surface area (Å²) in [4.78, 5) is 15.8. The zero-order valence-corrected chi connectivity index (χ0v) is 23.7. The zero-order chi connectivity index (χ0) is 27.7. The van der Waals surface area contributed by atoms with E-state index in [1.807, 2.05) is 92.7 Å². The van der Waals surface area contributed by atoms with Crippen molar-refractivity contribution < 1.29 is 14.3 Å². The number of amides is 1. The third-order valence-electron chi connectivity index (χ3n) is 7.14. The molecule has 0 saturated heterocycles. The highest BCUT2D eigenvalue weighted by Crippen LogP contribution is 2.41. The van der Waals surface area contributed by atoms with Crippen molar-refractivity contribution in [2.45, 2.75) is 46.3 Å². The van der Waals surface area contributed by atoms with Crippen LogP contribution in [0.3, 0.4) is 0 Å². The third-order valence-corrected chi connectivity index (χ3v) is 7.55. The molecule has 6 heteroatoms. The molecular weight excluding hydrogens is 508 g/mol. The molecule has 1 unspecified atom stereocenters. The first-order chi connectivity index (χ1) is 18.8. The second-order valence-electron chi connectivity index (χ2n) is 10.3. The Kier molecular flexibility index (Phi) is 7.53. The fourth-order valence-electron chi connectivity index (χ4n) is 4.93. The molecule has 1 atom stereocenters. The van der Waals surface area contributed by atoms with E-state index in [2.05, 4.69) is 19.2 Å². The Balaban J connectivity index is 1.49. The number of hydrogen-bond acceptors (Lipinski definition) is 4. The predicted octanol–water partition coefficient (Wildman–Crippen LogP) is 8.50. The molecule has 1 amide bonds. The van der Waals surface area contributed by atoms with E-state index in [4.69, 9.17) is 21.1 Å². The van der Waals surface area contributed by atoms with Crippen LogP contribution in [0, 0.1) is 13.8 Å². The summed E-state index contributed by atoms with van der Waals surface area (Å²) in [7, 11) is 1.64. The average Bonchev–Trinajstić information content (AvgIpc) is 2.93. The van der Waals surface area contributed by atoms with Crippen molar-refractivity contribution >= 4 is 34.6 Å². The van der Waals surface area contributed by atoms with E-state index in [0.29, 0.717) is 5.75 Å². The summed E-state index contributed by atoms with van der Waals surface area (Å²) in [5.74, 6) is 1.70. The molecule has 1 aliphatic heterocycles. The lowest BCUT2D eigenvalue weighted by Crippen LogP contribution is -2.39. The molecule has 0 spiro atoms. The Morgan fingerprint density at radius 3 is 2.41 bits per heavy atom.